The van der Waals surface area contributed by atoms with Crippen LogP contribution in [-0.4, -0.2) is 5.92 Å². The molecular formula is C9H12F2. The lowest BCUT2D eigenvalue weighted by molar-refractivity contribution is 0.0635. The minimum Gasteiger partial charge on any atom is -0.202 e. The average molecular weight is 158 g/mol. The zero-order valence-corrected chi connectivity index (χ0v) is 7.04. The van der Waals surface area contributed by atoms with Gasteiger partial charge in [0.05, 0.1) is 0 Å². The van der Waals surface area contributed by atoms with Crippen LogP contribution in [0.3, 0.4) is 0 Å². The molecule has 0 nitrogen and oxygen atoms in total. The number of hydrogen-bond donors (Lipinski definition) is 0. The third kappa shape index (κ3) is 3.74. The Hall–Kier alpha value is -0.880. The molecule has 0 aromatic carbocycles. The highest BCUT2D eigenvalue weighted by atomic mass is 19.3. The van der Waals surface area contributed by atoms with Crippen molar-refractivity contribution < 1.29 is 8.78 Å². The summed E-state index contributed by atoms with van der Waals surface area (Å²) in [7, 11) is 0. The summed E-state index contributed by atoms with van der Waals surface area (Å²) in [6.45, 7) is 7.29. The zero-order valence-electron chi connectivity index (χ0n) is 7.04. The molecule has 0 aromatic rings. The van der Waals surface area contributed by atoms with Gasteiger partial charge in [-0.15, -0.1) is 5.73 Å². The van der Waals surface area contributed by atoms with Crippen molar-refractivity contribution in [2.24, 2.45) is 0 Å². The molecule has 0 aliphatic rings. The topological polar surface area (TPSA) is 0 Å². The van der Waals surface area contributed by atoms with Crippen LogP contribution in [-0.2, 0) is 0 Å². The van der Waals surface area contributed by atoms with Gasteiger partial charge in [0.2, 0.25) is 0 Å². The van der Waals surface area contributed by atoms with Crippen LogP contribution in [0.1, 0.15) is 20.8 Å². The highest BCUT2D eigenvalue weighted by Crippen LogP contribution is 2.23. The van der Waals surface area contributed by atoms with Crippen molar-refractivity contribution in [1.82, 2.24) is 0 Å². The van der Waals surface area contributed by atoms with E-state index in [1.165, 1.54) is 13.0 Å². The van der Waals surface area contributed by atoms with E-state index >= 15 is 0 Å². The lowest BCUT2D eigenvalue weighted by Crippen LogP contribution is -2.10. The summed E-state index contributed by atoms with van der Waals surface area (Å²) in [6.07, 6.45) is 1.38. The first kappa shape index (κ1) is 10.1. The highest BCUT2D eigenvalue weighted by Gasteiger charge is 2.22. The molecular weight excluding hydrogens is 146 g/mol. The summed E-state index contributed by atoms with van der Waals surface area (Å²) in [5.41, 5.74) is 3.19. The normalized spacial score (nSPS) is 12.6. The van der Waals surface area contributed by atoms with Crippen LogP contribution < -0.4 is 0 Å². The molecule has 0 fully saturated rings. The van der Waals surface area contributed by atoms with Gasteiger partial charge in [-0.05, 0) is 31.1 Å². The van der Waals surface area contributed by atoms with E-state index in [9.17, 15) is 8.78 Å². The van der Waals surface area contributed by atoms with Crippen LogP contribution in [0.15, 0.2) is 29.5 Å². The van der Waals surface area contributed by atoms with Crippen LogP contribution in [0.4, 0.5) is 8.78 Å². The fourth-order valence-corrected chi connectivity index (χ4v) is 0.503. The molecule has 0 saturated heterocycles. The molecule has 2 heteroatoms. The molecule has 0 N–H and O–H groups in total. The molecule has 0 amide bonds. The number of hydrogen-bond acceptors (Lipinski definition) is 0. The second-order valence-electron chi connectivity index (χ2n) is 2.58. The van der Waals surface area contributed by atoms with Gasteiger partial charge in [-0.3, -0.25) is 0 Å². The standard InChI is InChI=1S/C9H12F2/c1-5-7(2)6-8(3)9(4,10)11/h6H,1H2,2-4H3/b8-6+. The molecule has 0 unspecified atom stereocenters. The Morgan fingerprint density at radius 1 is 1.45 bits per heavy atom. The van der Waals surface area contributed by atoms with E-state index < -0.39 is 5.92 Å². The van der Waals surface area contributed by atoms with Gasteiger partial charge in [0.15, 0.2) is 0 Å². The molecule has 0 heterocycles. The van der Waals surface area contributed by atoms with Crippen LogP contribution in [0.5, 0.6) is 0 Å². The Balaban J connectivity index is 4.61. The predicted octanol–water partition coefficient (Wildman–Crippen LogP) is 3.32. The van der Waals surface area contributed by atoms with Gasteiger partial charge < -0.3 is 0 Å². The molecule has 0 radical (unpaired) electrons. The van der Waals surface area contributed by atoms with Crippen LogP contribution in [0.25, 0.3) is 0 Å². The minimum absolute atomic E-state index is 0.0335. The van der Waals surface area contributed by atoms with E-state index in [-0.39, 0.29) is 5.57 Å². The fourth-order valence-electron chi connectivity index (χ4n) is 0.503. The molecule has 0 rings (SSSR count). The first-order valence-corrected chi connectivity index (χ1v) is 3.31. The number of alkyl halides is 2. The fraction of sp³-hybridized carbons (Fsp3) is 0.444. The summed E-state index contributed by atoms with van der Waals surface area (Å²) >= 11 is 0. The first-order chi connectivity index (χ1) is 4.88. The van der Waals surface area contributed by atoms with E-state index in [0.29, 0.717) is 5.57 Å². The van der Waals surface area contributed by atoms with Gasteiger partial charge in [0, 0.05) is 6.92 Å². The van der Waals surface area contributed by atoms with E-state index in [1.807, 2.05) is 0 Å². The van der Waals surface area contributed by atoms with Gasteiger partial charge in [0.25, 0.3) is 5.92 Å². The lowest BCUT2D eigenvalue weighted by atomic mass is 10.1. The maximum absolute atomic E-state index is 12.5. The summed E-state index contributed by atoms with van der Waals surface area (Å²) in [4.78, 5) is 0. The van der Waals surface area contributed by atoms with E-state index in [2.05, 4.69) is 12.3 Å². The van der Waals surface area contributed by atoms with Crippen molar-refractivity contribution in [2.45, 2.75) is 26.7 Å². The molecule has 62 valence electrons. The van der Waals surface area contributed by atoms with E-state index in [1.54, 1.807) is 6.92 Å². The predicted molar refractivity (Wildman–Crippen MR) is 42.7 cm³/mol. The SMILES string of the molecule is C=C=C(C)/C=C(\C)C(C)(F)F. The minimum atomic E-state index is -2.74. The number of allylic oxidation sites excluding steroid dienone is 3. The van der Waals surface area contributed by atoms with Crippen molar-refractivity contribution in [3.8, 4) is 0 Å². The third-order valence-electron chi connectivity index (χ3n) is 1.40. The summed E-state index contributed by atoms with van der Waals surface area (Å²) in [5.74, 6) is -2.74. The number of rotatable bonds is 2. The smallest absolute Gasteiger partial charge is 0.202 e. The highest BCUT2D eigenvalue weighted by molar-refractivity contribution is 5.22. The number of halogens is 2. The quantitative estimate of drug-likeness (QED) is 0.427. The second-order valence-corrected chi connectivity index (χ2v) is 2.58. The van der Waals surface area contributed by atoms with Crippen molar-refractivity contribution in [3.63, 3.8) is 0 Å². The molecule has 0 saturated carbocycles. The Bertz CT molecular complexity index is 212. The van der Waals surface area contributed by atoms with Gasteiger partial charge >= 0.3 is 0 Å². The Labute approximate surface area is 65.9 Å². The van der Waals surface area contributed by atoms with Gasteiger partial charge in [-0.25, -0.2) is 8.78 Å². The van der Waals surface area contributed by atoms with Crippen molar-refractivity contribution in [2.75, 3.05) is 0 Å². The maximum Gasteiger partial charge on any atom is 0.266 e. The first-order valence-electron chi connectivity index (χ1n) is 3.31. The van der Waals surface area contributed by atoms with Crippen LogP contribution >= 0.6 is 0 Å². The lowest BCUT2D eigenvalue weighted by Gasteiger charge is -2.09. The Kier molecular flexibility index (Phi) is 3.21. The molecule has 0 aromatic heterocycles. The maximum atomic E-state index is 12.5. The summed E-state index contributed by atoms with van der Waals surface area (Å²) in [6, 6.07) is 0. The largest absolute Gasteiger partial charge is 0.266 e. The zero-order chi connectivity index (χ0) is 9.07. The van der Waals surface area contributed by atoms with Crippen molar-refractivity contribution in [3.05, 3.63) is 29.5 Å². The monoisotopic (exact) mass is 158 g/mol. The van der Waals surface area contributed by atoms with Gasteiger partial charge in [0.1, 0.15) is 0 Å². The summed E-state index contributed by atoms with van der Waals surface area (Å²) < 4.78 is 25.0. The van der Waals surface area contributed by atoms with Crippen LogP contribution in [0, 0.1) is 0 Å². The Morgan fingerprint density at radius 3 is 2.18 bits per heavy atom. The van der Waals surface area contributed by atoms with Gasteiger partial charge in [-0.1, -0.05) is 6.58 Å². The third-order valence-corrected chi connectivity index (χ3v) is 1.40. The average Bonchev–Trinajstić information content (AvgIpc) is 1.85. The molecule has 0 aliphatic heterocycles. The van der Waals surface area contributed by atoms with E-state index in [0.717, 1.165) is 6.92 Å². The summed E-state index contributed by atoms with van der Waals surface area (Å²) in [5, 5.41) is 0. The molecule has 0 spiro atoms. The second kappa shape index (κ2) is 3.49. The van der Waals surface area contributed by atoms with Gasteiger partial charge in [-0.2, -0.15) is 0 Å². The van der Waals surface area contributed by atoms with Crippen molar-refractivity contribution >= 4 is 0 Å². The molecule has 11 heavy (non-hydrogen) atoms. The van der Waals surface area contributed by atoms with Crippen molar-refractivity contribution in [1.29, 1.82) is 0 Å². The Morgan fingerprint density at radius 2 is 1.91 bits per heavy atom. The van der Waals surface area contributed by atoms with Crippen LogP contribution in [0.2, 0.25) is 0 Å². The molecule has 0 aliphatic carbocycles. The molecule has 0 bridgehead atoms. The molecule has 0 atom stereocenters. The van der Waals surface area contributed by atoms with E-state index in [4.69, 9.17) is 0 Å².